The number of nitrogens with one attached hydrogen (secondary N) is 1. The van der Waals surface area contributed by atoms with Gasteiger partial charge < -0.3 is 5.32 Å². The van der Waals surface area contributed by atoms with Gasteiger partial charge in [0.05, 0.1) is 4.90 Å². The second-order valence-corrected chi connectivity index (χ2v) is 6.79. The van der Waals surface area contributed by atoms with Crippen molar-refractivity contribution in [3.8, 4) is 0 Å². The van der Waals surface area contributed by atoms with Gasteiger partial charge in [0.25, 0.3) is 10.0 Å². The molecule has 6 heteroatoms. The Labute approximate surface area is 128 Å². The van der Waals surface area contributed by atoms with Crippen LogP contribution >= 0.6 is 11.6 Å². The van der Waals surface area contributed by atoms with Crippen molar-refractivity contribution < 1.29 is 8.42 Å². The molecule has 108 valence electrons. The molecule has 0 amide bonds. The lowest BCUT2D eigenvalue weighted by atomic mass is 10.0. The number of hydrogen-bond donors (Lipinski definition) is 1. The number of hydrogen-bond acceptors (Lipinski definition) is 2. The monoisotopic (exact) mass is 320 g/mol. The molecule has 1 aliphatic heterocycles. The van der Waals surface area contributed by atoms with Crippen molar-refractivity contribution in [1.29, 1.82) is 0 Å². The number of nitrogens with zero attached hydrogens (tertiary/aromatic N) is 1. The van der Waals surface area contributed by atoms with E-state index in [-0.39, 0.29) is 4.90 Å². The number of halogens is 1. The van der Waals surface area contributed by atoms with Crippen LogP contribution in [0.5, 0.6) is 0 Å². The first-order valence-electron chi connectivity index (χ1n) is 6.49. The molecule has 0 atom stereocenters. The predicted octanol–water partition coefficient (Wildman–Crippen LogP) is 3.49. The molecule has 0 aliphatic carbocycles. The molecular formula is C15H13ClN2O2S. The lowest BCUT2D eigenvalue weighted by Crippen LogP contribution is -2.21. The van der Waals surface area contributed by atoms with Crippen molar-refractivity contribution in [1.82, 2.24) is 0 Å². The maximum Gasteiger partial charge on any atom is 0.283 e. The molecule has 0 aromatic heterocycles. The van der Waals surface area contributed by atoms with Crippen LogP contribution in [0.1, 0.15) is 12.0 Å². The maximum atomic E-state index is 12.3. The third-order valence-electron chi connectivity index (χ3n) is 3.25. The van der Waals surface area contributed by atoms with Gasteiger partial charge in [0.1, 0.15) is 5.84 Å². The van der Waals surface area contributed by atoms with E-state index in [1.165, 1.54) is 12.1 Å². The summed E-state index contributed by atoms with van der Waals surface area (Å²) in [7, 11) is -3.74. The summed E-state index contributed by atoms with van der Waals surface area (Å²) in [5.41, 5.74) is 2.07. The lowest BCUT2D eigenvalue weighted by molar-refractivity contribution is 0.598. The molecule has 4 nitrogen and oxygen atoms in total. The molecule has 0 saturated heterocycles. The molecule has 1 N–H and O–H groups in total. The molecule has 1 heterocycles. The second kappa shape index (κ2) is 5.50. The van der Waals surface area contributed by atoms with Gasteiger partial charge in [-0.1, -0.05) is 35.9 Å². The number of benzene rings is 2. The van der Waals surface area contributed by atoms with Gasteiger partial charge in [-0.3, -0.25) is 0 Å². The number of anilines is 1. The van der Waals surface area contributed by atoms with E-state index in [0.717, 1.165) is 17.7 Å². The largest absolute Gasteiger partial charge is 0.343 e. The standard InChI is InChI=1S/C15H13ClN2O2S/c16-12-5-3-6-13(10-12)21(19,20)18-15-9-8-11-4-1-2-7-14(11)17-15/h1-7,10H,8-9H2,(H,17,18). The summed E-state index contributed by atoms with van der Waals surface area (Å²) in [6.45, 7) is 0. The van der Waals surface area contributed by atoms with Crippen molar-refractivity contribution in [3.63, 3.8) is 0 Å². The molecule has 2 aromatic rings. The summed E-state index contributed by atoms with van der Waals surface area (Å²) in [5, 5.41) is 3.45. The highest BCUT2D eigenvalue weighted by Gasteiger charge is 2.18. The van der Waals surface area contributed by atoms with E-state index in [9.17, 15) is 8.42 Å². The fourth-order valence-electron chi connectivity index (χ4n) is 2.22. The van der Waals surface area contributed by atoms with Crippen LogP contribution in [0.3, 0.4) is 0 Å². The van der Waals surface area contributed by atoms with Gasteiger partial charge in [-0.15, -0.1) is 4.40 Å². The molecule has 21 heavy (non-hydrogen) atoms. The molecule has 1 aliphatic rings. The number of para-hydroxylation sites is 1. The lowest BCUT2D eigenvalue weighted by Gasteiger charge is -2.19. The average molecular weight is 321 g/mol. The van der Waals surface area contributed by atoms with E-state index >= 15 is 0 Å². The Balaban J connectivity index is 1.92. The zero-order valence-electron chi connectivity index (χ0n) is 11.1. The van der Waals surface area contributed by atoms with Crippen LogP contribution in [0.15, 0.2) is 57.8 Å². The van der Waals surface area contributed by atoms with Gasteiger partial charge in [0.15, 0.2) is 0 Å². The molecule has 0 spiro atoms. The van der Waals surface area contributed by atoms with E-state index in [4.69, 9.17) is 11.6 Å². The van der Waals surface area contributed by atoms with Crippen molar-refractivity contribution in [3.05, 3.63) is 59.1 Å². The van der Waals surface area contributed by atoms with Gasteiger partial charge in [-0.05, 0) is 36.2 Å². The molecule has 2 aromatic carbocycles. The van der Waals surface area contributed by atoms with Gasteiger partial charge in [0, 0.05) is 17.1 Å². The van der Waals surface area contributed by atoms with Crippen LogP contribution in [0.25, 0.3) is 0 Å². The smallest absolute Gasteiger partial charge is 0.283 e. The summed E-state index contributed by atoms with van der Waals surface area (Å²) in [5.74, 6) is 0.452. The van der Waals surface area contributed by atoms with Gasteiger partial charge in [0.2, 0.25) is 0 Å². The molecule has 3 rings (SSSR count). The molecule has 0 unspecified atom stereocenters. The highest BCUT2D eigenvalue weighted by atomic mass is 35.5. The first-order valence-corrected chi connectivity index (χ1v) is 8.31. The van der Waals surface area contributed by atoms with E-state index in [1.807, 2.05) is 24.3 Å². The summed E-state index contributed by atoms with van der Waals surface area (Å²) >= 11 is 5.83. The van der Waals surface area contributed by atoms with Crippen molar-refractivity contribution in [2.75, 3.05) is 5.32 Å². The third-order valence-corrected chi connectivity index (χ3v) is 4.80. The van der Waals surface area contributed by atoms with Crippen LogP contribution in [0.4, 0.5) is 5.69 Å². The first kappa shape index (κ1) is 14.1. The Morgan fingerprint density at radius 2 is 1.86 bits per heavy atom. The number of rotatable bonds is 2. The molecule has 0 fully saturated rings. The van der Waals surface area contributed by atoms with E-state index in [2.05, 4.69) is 9.71 Å². The Hall–Kier alpha value is -1.85. The fraction of sp³-hybridized carbons (Fsp3) is 0.133. The van der Waals surface area contributed by atoms with E-state index < -0.39 is 10.0 Å². The Morgan fingerprint density at radius 1 is 1.05 bits per heavy atom. The highest BCUT2D eigenvalue weighted by molar-refractivity contribution is 7.90. The second-order valence-electron chi connectivity index (χ2n) is 4.75. The zero-order valence-corrected chi connectivity index (χ0v) is 12.7. The van der Waals surface area contributed by atoms with Crippen LogP contribution in [0.2, 0.25) is 5.02 Å². The first-order chi connectivity index (χ1) is 10.0. The van der Waals surface area contributed by atoms with Crippen LogP contribution in [-0.2, 0) is 16.4 Å². The zero-order chi connectivity index (χ0) is 14.9. The highest BCUT2D eigenvalue weighted by Crippen LogP contribution is 2.24. The Kier molecular flexibility index (Phi) is 3.69. The molecular weight excluding hydrogens is 308 g/mol. The van der Waals surface area contributed by atoms with Crippen molar-refractivity contribution in [2.45, 2.75) is 17.7 Å². The minimum atomic E-state index is -3.74. The summed E-state index contributed by atoms with van der Waals surface area (Å²) in [4.78, 5) is 0.100. The van der Waals surface area contributed by atoms with Crippen LogP contribution < -0.4 is 5.32 Å². The number of fused-ring (bicyclic) bond motifs is 1. The van der Waals surface area contributed by atoms with Crippen LogP contribution in [-0.4, -0.2) is 14.3 Å². The van der Waals surface area contributed by atoms with E-state index in [1.54, 1.807) is 12.1 Å². The normalized spacial score (nSPS) is 16.3. The van der Waals surface area contributed by atoms with Crippen LogP contribution in [0, 0.1) is 0 Å². The van der Waals surface area contributed by atoms with Crippen molar-refractivity contribution >= 4 is 33.1 Å². The number of aryl methyl sites for hydroxylation is 1. The summed E-state index contributed by atoms with van der Waals surface area (Å²) in [6, 6.07) is 13.9. The molecule has 0 saturated carbocycles. The third kappa shape index (κ3) is 3.09. The SMILES string of the molecule is O=S(=O)(N=C1CCc2ccccc2N1)c1cccc(Cl)c1. The summed E-state index contributed by atoms with van der Waals surface area (Å²) in [6.07, 6.45) is 1.34. The van der Waals surface area contributed by atoms with Gasteiger partial charge in [-0.25, -0.2) is 0 Å². The Bertz CT molecular complexity index is 816. The Morgan fingerprint density at radius 3 is 2.67 bits per heavy atom. The molecule has 0 radical (unpaired) electrons. The van der Waals surface area contributed by atoms with Crippen molar-refractivity contribution in [2.24, 2.45) is 4.40 Å². The predicted molar refractivity (Wildman–Crippen MR) is 84.5 cm³/mol. The fourth-order valence-corrected chi connectivity index (χ4v) is 3.54. The van der Waals surface area contributed by atoms with Gasteiger partial charge >= 0.3 is 0 Å². The van der Waals surface area contributed by atoms with E-state index in [0.29, 0.717) is 17.3 Å². The maximum absolute atomic E-state index is 12.3. The summed E-state index contributed by atoms with van der Waals surface area (Å²) < 4.78 is 28.5. The topological polar surface area (TPSA) is 58.5 Å². The quantitative estimate of drug-likeness (QED) is 0.921. The minimum absolute atomic E-state index is 0.100. The molecule has 0 bridgehead atoms. The number of sulfonamides is 1. The van der Waals surface area contributed by atoms with Gasteiger partial charge in [-0.2, -0.15) is 8.42 Å². The minimum Gasteiger partial charge on any atom is -0.343 e. The number of amidine groups is 1. The average Bonchev–Trinajstić information content (AvgIpc) is 2.47.